The van der Waals surface area contributed by atoms with Crippen LogP contribution in [0.5, 0.6) is 11.5 Å². The van der Waals surface area contributed by atoms with Crippen molar-refractivity contribution in [2.45, 2.75) is 0 Å². The molecule has 0 aliphatic carbocycles. The largest absolute Gasteiger partial charge is 0.493 e. The number of methoxy groups -OCH3 is 1. The summed E-state index contributed by atoms with van der Waals surface area (Å²) in [4.78, 5) is 38.3. The van der Waals surface area contributed by atoms with Gasteiger partial charge in [0.05, 0.1) is 12.0 Å². The van der Waals surface area contributed by atoms with Gasteiger partial charge in [-0.05, 0) is 47.7 Å². The number of nitrogens with one attached hydrogen (secondary N) is 1. The number of hydrogen-bond acceptors (Lipinski definition) is 6. The van der Waals surface area contributed by atoms with Crippen molar-refractivity contribution in [2.24, 2.45) is 0 Å². The van der Waals surface area contributed by atoms with Gasteiger partial charge in [-0.25, -0.2) is 0 Å². The van der Waals surface area contributed by atoms with Gasteiger partial charge >= 0.3 is 0 Å². The van der Waals surface area contributed by atoms with Gasteiger partial charge in [0.25, 0.3) is 11.1 Å². The predicted molar refractivity (Wildman–Crippen MR) is 116 cm³/mol. The summed E-state index contributed by atoms with van der Waals surface area (Å²) in [7, 11) is 1.51. The van der Waals surface area contributed by atoms with Crippen molar-refractivity contribution in [3.63, 3.8) is 0 Å². The minimum atomic E-state index is -0.515. The Bertz CT molecular complexity index is 1000. The van der Waals surface area contributed by atoms with E-state index in [2.05, 4.69) is 11.9 Å². The molecule has 8 heteroatoms. The Morgan fingerprint density at radius 3 is 2.63 bits per heavy atom. The van der Waals surface area contributed by atoms with Crippen molar-refractivity contribution in [1.29, 1.82) is 0 Å². The van der Waals surface area contributed by atoms with Gasteiger partial charge in [0.1, 0.15) is 13.2 Å². The molecule has 3 rings (SSSR count). The molecule has 0 atom stereocenters. The molecule has 1 saturated heterocycles. The van der Waals surface area contributed by atoms with E-state index in [0.717, 1.165) is 16.7 Å². The summed E-state index contributed by atoms with van der Waals surface area (Å²) >= 11 is 0.790. The Hall–Kier alpha value is -3.52. The highest BCUT2D eigenvalue weighted by atomic mass is 32.2. The van der Waals surface area contributed by atoms with Crippen molar-refractivity contribution >= 4 is 40.6 Å². The Morgan fingerprint density at radius 2 is 1.93 bits per heavy atom. The van der Waals surface area contributed by atoms with Gasteiger partial charge < -0.3 is 14.8 Å². The molecular formula is C22H20N2O5S. The number of amides is 3. The highest BCUT2D eigenvalue weighted by Crippen LogP contribution is 2.34. The second kappa shape index (κ2) is 9.80. The average molecular weight is 424 g/mol. The smallest absolute Gasteiger partial charge is 0.294 e. The first-order valence-corrected chi connectivity index (χ1v) is 9.85. The van der Waals surface area contributed by atoms with Crippen LogP contribution >= 0.6 is 11.8 Å². The molecule has 1 N–H and O–H groups in total. The summed E-state index contributed by atoms with van der Waals surface area (Å²) < 4.78 is 10.8. The lowest BCUT2D eigenvalue weighted by Gasteiger charge is -2.12. The van der Waals surface area contributed by atoms with Crippen molar-refractivity contribution in [3.05, 3.63) is 71.7 Å². The molecule has 1 aliphatic rings. The summed E-state index contributed by atoms with van der Waals surface area (Å²) in [6.07, 6.45) is 3.21. The maximum atomic E-state index is 12.6. The van der Waals surface area contributed by atoms with Crippen LogP contribution in [0.4, 0.5) is 10.5 Å². The number of ether oxygens (including phenoxy) is 2. The fraction of sp³-hybridized carbons (Fsp3) is 0.136. The maximum Gasteiger partial charge on any atom is 0.294 e. The molecule has 30 heavy (non-hydrogen) atoms. The van der Waals surface area contributed by atoms with Crippen LogP contribution in [0.2, 0.25) is 0 Å². The van der Waals surface area contributed by atoms with Gasteiger partial charge in [-0.2, -0.15) is 0 Å². The second-order valence-corrected chi connectivity index (χ2v) is 7.19. The molecular weight excluding hydrogens is 404 g/mol. The monoisotopic (exact) mass is 424 g/mol. The topological polar surface area (TPSA) is 84.9 Å². The van der Waals surface area contributed by atoms with E-state index in [9.17, 15) is 14.4 Å². The number of rotatable bonds is 8. The molecule has 0 saturated carbocycles. The third-order valence-corrected chi connectivity index (χ3v) is 4.98. The van der Waals surface area contributed by atoms with E-state index in [4.69, 9.17) is 9.47 Å². The predicted octanol–water partition coefficient (Wildman–Crippen LogP) is 3.94. The second-order valence-electron chi connectivity index (χ2n) is 6.19. The van der Waals surface area contributed by atoms with Gasteiger partial charge in [0.15, 0.2) is 11.5 Å². The molecule has 3 amide bonds. The molecule has 1 heterocycles. The number of carbonyl (C=O) groups is 3. The van der Waals surface area contributed by atoms with Crippen LogP contribution in [-0.2, 0) is 9.59 Å². The molecule has 0 bridgehead atoms. The zero-order valence-electron chi connectivity index (χ0n) is 16.3. The van der Waals surface area contributed by atoms with Crippen LogP contribution in [0.3, 0.4) is 0 Å². The van der Waals surface area contributed by atoms with E-state index in [1.165, 1.54) is 7.11 Å². The average Bonchev–Trinajstić information content (AvgIpc) is 3.00. The first-order chi connectivity index (χ1) is 14.5. The lowest BCUT2D eigenvalue weighted by molar-refractivity contribution is -0.127. The van der Waals surface area contributed by atoms with Gasteiger partial charge in [0.2, 0.25) is 5.91 Å². The van der Waals surface area contributed by atoms with Gasteiger partial charge in [-0.3, -0.25) is 19.3 Å². The van der Waals surface area contributed by atoms with Crippen molar-refractivity contribution in [3.8, 4) is 11.5 Å². The number of thioether (sulfide) groups is 1. The van der Waals surface area contributed by atoms with Crippen LogP contribution in [0.15, 0.2) is 66.1 Å². The highest BCUT2D eigenvalue weighted by molar-refractivity contribution is 8.18. The summed E-state index contributed by atoms with van der Waals surface area (Å²) in [6.45, 7) is 3.58. The van der Waals surface area contributed by atoms with Crippen LogP contribution in [-0.4, -0.2) is 42.2 Å². The zero-order valence-corrected chi connectivity index (χ0v) is 17.1. The molecule has 2 aromatic rings. The number of imide groups is 1. The number of carbonyl (C=O) groups excluding carboxylic acids is 3. The van der Waals surface area contributed by atoms with Crippen molar-refractivity contribution in [2.75, 3.05) is 25.6 Å². The van der Waals surface area contributed by atoms with E-state index in [1.807, 2.05) is 6.07 Å². The highest BCUT2D eigenvalue weighted by Gasteiger charge is 2.36. The third-order valence-electron chi connectivity index (χ3n) is 4.07. The number of benzene rings is 2. The minimum Gasteiger partial charge on any atom is -0.493 e. The molecule has 2 aromatic carbocycles. The fourth-order valence-corrected chi connectivity index (χ4v) is 3.53. The van der Waals surface area contributed by atoms with Crippen LogP contribution in [0.25, 0.3) is 6.08 Å². The molecule has 0 radical (unpaired) electrons. The van der Waals surface area contributed by atoms with Gasteiger partial charge in [0, 0.05) is 5.69 Å². The van der Waals surface area contributed by atoms with E-state index < -0.39 is 17.1 Å². The number of para-hydroxylation sites is 1. The number of hydrogen-bond donors (Lipinski definition) is 1. The number of anilines is 1. The molecule has 0 unspecified atom stereocenters. The van der Waals surface area contributed by atoms with Crippen LogP contribution < -0.4 is 14.8 Å². The molecule has 154 valence electrons. The van der Waals surface area contributed by atoms with Gasteiger partial charge in [-0.15, -0.1) is 0 Å². The molecule has 1 aliphatic heterocycles. The Labute approximate surface area is 178 Å². The lowest BCUT2D eigenvalue weighted by Crippen LogP contribution is -2.36. The molecule has 1 fully saturated rings. The standard InChI is InChI=1S/C22H20N2O5S/c1-3-11-29-17-10-9-15(12-18(17)28-2)13-19-21(26)24(22(27)30-19)14-20(25)23-16-7-5-4-6-8-16/h3-10,12-13H,1,11,14H2,2H3,(H,23,25)/b19-13+. The third kappa shape index (κ3) is 5.09. The lowest BCUT2D eigenvalue weighted by atomic mass is 10.2. The van der Waals surface area contributed by atoms with Crippen molar-refractivity contribution < 1.29 is 23.9 Å². The molecule has 7 nitrogen and oxygen atoms in total. The first kappa shape index (κ1) is 21.2. The van der Waals surface area contributed by atoms with E-state index >= 15 is 0 Å². The SMILES string of the molecule is C=CCOc1ccc(/C=C2/SC(=O)N(CC(=O)Nc3ccccc3)C2=O)cc1OC. The summed E-state index contributed by atoms with van der Waals surface area (Å²) in [6, 6.07) is 14.0. The van der Waals surface area contributed by atoms with E-state index in [-0.39, 0.29) is 11.4 Å². The first-order valence-electron chi connectivity index (χ1n) is 9.04. The van der Waals surface area contributed by atoms with Crippen LogP contribution in [0.1, 0.15) is 5.56 Å². The van der Waals surface area contributed by atoms with E-state index in [1.54, 1.807) is 54.6 Å². The Morgan fingerprint density at radius 1 is 1.17 bits per heavy atom. The maximum absolute atomic E-state index is 12.6. The minimum absolute atomic E-state index is 0.231. The zero-order chi connectivity index (χ0) is 21.5. The van der Waals surface area contributed by atoms with Gasteiger partial charge in [-0.1, -0.05) is 36.9 Å². The summed E-state index contributed by atoms with van der Waals surface area (Å²) in [5.41, 5.74) is 1.26. The number of nitrogens with zero attached hydrogens (tertiary/aromatic N) is 1. The van der Waals surface area contributed by atoms with Crippen LogP contribution in [0, 0.1) is 0 Å². The molecule has 0 aromatic heterocycles. The Kier molecular flexibility index (Phi) is 6.92. The molecule has 0 spiro atoms. The summed E-state index contributed by atoms with van der Waals surface area (Å²) in [5, 5.41) is 2.17. The summed E-state index contributed by atoms with van der Waals surface area (Å²) in [5.74, 6) is 0.0709. The Balaban J connectivity index is 1.71. The quantitative estimate of drug-likeness (QED) is 0.510. The van der Waals surface area contributed by atoms with Crippen molar-refractivity contribution in [1.82, 2.24) is 4.90 Å². The van der Waals surface area contributed by atoms with E-state index in [0.29, 0.717) is 29.4 Å². The fourth-order valence-electron chi connectivity index (χ4n) is 2.70. The normalized spacial score (nSPS) is 14.7.